The summed E-state index contributed by atoms with van der Waals surface area (Å²) in [6.45, 7) is -1.54. The molecular weight excluding hydrogens is 425 g/mol. The molecule has 0 saturated heterocycles. The smallest absolute Gasteiger partial charge is 0.387 e. The molecule has 2 aromatic rings. The van der Waals surface area contributed by atoms with Crippen LogP contribution in [-0.4, -0.2) is 29.8 Å². The van der Waals surface area contributed by atoms with Crippen LogP contribution in [0, 0.1) is 5.41 Å². The molecule has 2 rings (SSSR count). The molecule has 0 saturated carbocycles. The molecule has 0 aromatic heterocycles. The van der Waals surface area contributed by atoms with Crippen molar-refractivity contribution in [1.82, 2.24) is 0 Å². The molecule has 31 heavy (non-hydrogen) atoms. The average molecular weight is 443 g/mol. The van der Waals surface area contributed by atoms with Gasteiger partial charge in [-0.2, -0.15) is 8.78 Å². The second-order valence-corrected chi connectivity index (χ2v) is 6.56. The molecule has 166 valence electrons. The lowest BCUT2D eigenvalue weighted by Gasteiger charge is -2.23. The summed E-state index contributed by atoms with van der Waals surface area (Å²) in [6, 6.07) is 8.85. The Morgan fingerprint density at radius 3 is 2.00 bits per heavy atom. The number of amides is 2. The lowest BCUT2D eigenvalue weighted by Crippen LogP contribution is -2.53. The Morgan fingerprint density at radius 2 is 1.52 bits per heavy atom. The second kappa shape index (κ2) is 9.11. The van der Waals surface area contributed by atoms with Crippen molar-refractivity contribution in [3.05, 3.63) is 54.1 Å². The van der Waals surface area contributed by atoms with Gasteiger partial charge in [0.05, 0.1) is 5.71 Å². The molecule has 0 aliphatic heterocycles. The Kier molecular flexibility index (Phi) is 6.98. The highest BCUT2D eigenvalue weighted by Gasteiger charge is 2.49. The van der Waals surface area contributed by atoms with E-state index in [4.69, 9.17) is 5.41 Å². The van der Waals surface area contributed by atoms with Crippen molar-refractivity contribution in [3.8, 4) is 5.75 Å². The summed E-state index contributed by atoms with van der Waals surface area (Å²) in [4.78, 5) is 24.9. The monoisotopic (exact) mass is 443 g/mol. The number of anilines is 2. The summed E-state index contributed by atoms with van der Waals surface area (Å²) in [5.41, 5.74) is -5.14. The van der Waals surface area contributed by atoms with Crippen molar-refractivity contribution in [2.24, 2.45) is 0 Å². The predicted molar refractivity (Wildman–Crippen MR) is 104 cm³/mol. The van der Waals surface area contributed by atoms with E-state index in [1.165, 1.54) is 12.1 Å². The van der Waals surface area contributed by atoms with Crippen LogP contribution in [0.5, 0.6) is 5.75 Å². The number of halogens is 5. The van der Waals surface area contributed by atoms with Gasteiger partial charge >= 0.3 is 12.3 Å². The first-order valence-electron chi connectivity index (χ1n) is 8.74. The zero-order valence-electron chi connectivity index (χ0n) is 16.3. The highest BCUT2D eigenvalue weighted by molar-refractivity contribution is 6.32. The van der Waals surface area contributed by atoms with Crippen molar-refractivity contribution >= 4 is 28.9 Å². The van der Waals surface area contributed by atoms with Crippen LogP contribution in [-0.2, 0) is 15.5 Å². The molecule has 3 N–H and O–H groups in total. The number of carbonyl (C=O) groups is 2. The van der Waals surface area contributed by atoms with E-state index < -0.39 is 41.3 Å². The molecule has 6 nitrogen and oxygen atoms in total. The van der Waals surface area contributed by atoms with Gasteiger partial charge in [0.2, 0.25) is 0 Å². The molecule has 0 radical (unpaired) electrons. The van der Waals surface area contributed by atoms with Gasteiger partial charge < -0.3 is 20.8 Å². The van der Waals surface area contributed by atoms with Crippen LogP contribution in [0.2, 0.25) is 0 Å². The van der Waals surface area contributed by atoms with E-state index in [0.717, 1.165) is 43.3 Å². The first kappa shape index (κ1) is 23.8. The third-order valence-electron chi connectivity index (χ3n) is 4.11. The molecule has 0 spiro atoms. The van der Waals surface area contributed by atoms with E-state index in [1.807, 2.05) is 5.32 Å². The first-order valence-corrected chi connectivity index (χ1v) is 8.74. The van der Waals surface area contributed by atoms with Gasteiger partial charge in [0.1, 0.15) is 5.75 Å². The van der Waals surface area contributed by atoms with Gasteiger partial charge in [0.15, 0.2) is 0 Å². The van der Waals surface area contributed by atoms with Crippen LogP contribution in [0.15, 0.2) is 48.5 Å². The lowest BCUT2D eigenvalue weighted by atomic mass is 9.97. The minimum Gasteiger partial charge on any atom is -0.435 e. The minimum absolute atomic E-state index is 0.0599. The van der Waals surface area contributed by atoms with Gasteiger partial charge in [-0.3, -0.25) is 9.59 Å². The number of ether oxygens (including phenoxy) is 1. The second-order valence-electron chi connectivity index (χ2n) is 6.56. The van der Waals surface area contributed by atoms with Crippen LogP contribution in [0.4, 0.5) is 33.3 Å². The lowest BCUT2D eigenvalue weighted by molar-refractivity contribution is -0.134. The molecule has 1 unspecified atom stereocenters. The number of carbonyl (C=O) groups excluding carboxylic acids is 2. The van der Waals surface area contributed by atoms with Gasteiger partial charge in [-0.1, -0.05) is 12.1 Å². The Bertz CT molecular complexity index is 977. The number of benzene rings is 2. The van der Waals surface area contributed by atoms with Gasteiger partial charge in [-0.25, -0.2) is 13.2 Å². The SMILES string of the molecule is CC(=N)C(F)(C(=O)Nc1ccc(OC(F)F)cc1)C(=O)Nc1cccc(C(C)(F)F)c1. The summed E-state index contributed by atoms with van der Waals surface area (Å²) in [7, 11) is 0. The normalized spacial score (nSPS) is 13.3. The van der Waals surface area contributed by atoms with Crippen molar-refractivity contribution in [3.63, 3.8) is 0 Å². The fourth-order valence-corrected chi connectivity index (χ4v) is 2.47. The summed E-state index contributed by atoms with van der Waals surface area (Å²) in [5, 5.41) is 11.7. The molecule has 0 fully saturated rings. The van der Waals surface area contributed by atoms with Crippen molar-refractivity contribution in [2.75, 3.05) is 10.6 Å². The quantitative estimate of drug-likeness (QED) is 0.313. The number of nitrogens with one attached hydrogen (secondary N) is 3. The predicted octanol–water partition coefficient (Wildman–Crippen LogP) is 4.72. The Labute approximate surface area is 173 Å². The highest BCUT2D eigenvalue weighted by atomic mass is 19.3. The number of hydrogen-bond donors (Lipinski definition) is 3. The minimum atomic E-state index is -3.47. The molecule has 0 aliphatic carbocycles. The van der Waals surface area contributed by atoms with Crippen molar-refractivity contribution in [2.45, 2.75) is 32.1 Å². The Balaban J connectivity index is 2.21. The first-order chi connectivity index (χ1) is 14.3. The molecule has 0 bridgehead atoms. The van der Waals surface area contributed by atoms with E-state index in [2.05, 4.69) is 10.1 Å². The molecule has 2 aromatic carbocycles. The topological polar surface area (TPSA) is 91.3 Å². The van der Waals surface area contributed by atoms with Crippen LogP contribution in [0.25, 0.3) is 0 Å². The number of hydrogen-bond acceptors (Lipinski definition) is 4. The number of alkyl halides is 5. The van der Waals surface area contributed by atoms with E-state index >= 15 is 4.39 Å². The summed E-state index contributed by atoms with van der Waals surface area (Å²) in [6.07, 6.45) is 0. The summed E-state index contributed by atoms with van der Waals surface area (Å²) >= 11 is 0. The van der Waals surface area contributed by atoms with E-state index in [-0.39, 0.29) is 17.1 Å². The average Bonchev–Trinajstić information content (AvgIpc) is 2.67. The Hall–Kier alpha value is -3.50. The van der Waals surface area contributed by atoms with E-state index in [9.17, 15) is 27.2 Å². The zero-order chi connectivity index (χ0) is 23.4. The molecule has 1 atom stereocenters. The maximum absolute atomic E-state index is 15.3. The fourth-order valence-electron chi connectivity index (χ4n) is 2.47. The third-order valence-corrected chi connectivity index (χ3v) is 4.11. The van der Waals surface area contributed by atoms with Crippen LogP contribution < -0.4 is 15.4 Å². The van der Waals surface area contributed by atoms with Gasteiger partial charge in [0.25, 0.3) is 17.7 Å². The van der Waals surface area contributed by atoms with Crippen molar-refractivity contribution < 1.29 is 36.3 Å². The zero-order valence-corrected chi connectivity index (χ0v) is 16.3. The molecule has 2 amide bonds. The van der Waals surface area contributed by atoms with Crippen LogP contribution in [0.1, 0.15) is 19.4 Å². The largest absolute Gasteiger partial charge is 0.435 e. The molecule has 0 aliphatic rings. The highest BCUT2D eigenvalue weighted by Crippen LogP contribution is 2.29. The molecular formula is C20H18F5N3O3. The summed E-state index contributed by atoms with van der Waals surface area (Å²) < 4.78 is 70.8. The van der Waals surface area contributed by atoms with Crippen LogP contribution in [0.3, 0.4) is 0 Å². The Morgan fingerprint density at radius 1 is 0.968 bits per heavy atom. The fraction of sp³-hybridized carbons (Fsp3) is 0.250. The molecule has 0 heterocycles. The maximum Gasteiger partial charge on any atom is 0.387 e. The third kappa shape index (κ3) is 5.77. The van der Waals surface area contributed by atoms with Gasteiger partial charge in [-0.15, -0.1) is 0 Å². The standard InChI is InChI=1S/C20H18F5N3O3/c1-11(26)20(25,16(29)27-13-6-8-15(9-7-13)31-18(21)22)17(30)28-14-5-3-4-12(10-14)19(2,23)24/h3-10,18,26H,1-2H3,(H,27,29)(H,28,30). The van der Waals surface area contributed by atoms with Crippen molar-refractivity contribution in [1.29, 1.82) is 5.41 Å². The van der Waals surface area contributed by atoms with E-state index in [1.54, 1.807) is 0 Å². The molecule has 11 heteroatoms. The van der Waals surface area contributed by atoms with Gasteiger partial charge in [-0.05, 0) is 43.3 Å². The maximum atomic E-state index is 15.3. The van der Waals surface area contributed by atoms with E-state index in [0.29, 0.717) is 6.92 Å². The van der Waals surface area contributed by atoms with Gasteiger partial charge in [0, 0.05) is 23.9 Å². The number of rotatable bonds is 8. The summed E-state index contributed by atoms with van der Waals surface area (Å²) in [5.74, 6) is -6.53. The van der Waals surface area contributed by atoms with Crippen LogP contribution >= 0.6 is 0 Å².